The molecular formula is C13H11N3O. The lowest BCUT2D eigenvalue weighted by atomic mass is 10.2. The molecule has 0 radical (unpaired) electrons. The van der Waals surface area contributed by atoms with Crippen LogP contribution in [0.25, 0.3) is 10.9 Å². The molecular weight excluding hydrogens is 214 g/mol. The zero-order valence-electron chi connectivity index (χ0n) is 9.37. The van der Waals surface area contributed by atoms with Crippen LogP contribution in [0.2, 0.25) is 0 Å². The summed E-state index contributed by atoms with van der Waals surface area (Å²) in [6, 6.07) is 11.6. The predicted molar refractivity (Wildman–Crippen MR) is 66.3 cm³/mol. The Morgan fingerprint density at radius 2 is 2.00 bits per heavy atom. The predicted octanol–water partition coefficient (Wildman–Crippen LogP) is 2.99. The lowest BCUT2D eigenvalue weighted by Gasteiger charge is -2.13. The van der Waals surface area contributed by atoms with E-state index >= 15 is 0 Å². The van der Waals surface area contributed by atoms with Crippen LogP contribution in [-0.4, -0.2) is 17.0 Å². The number of aromatic nitrogens is 2. The summed E-state index contributed by atoms with van der Waals surface area (Å²) in [5.41, 5.74) is 0.927. The fourth-order valence-electron chi connectivity index (χ4n) is 1.68. The molecule has 0 atom stereocenters. The lowest BCUT2D eigenvalue weighted by molar-refractivity contribution is 0.568. The first-order chi connectivity index (χ1) is 8.34. The van der Waals surface area contributed by atoms with E-state index < -0.39 is 0 Å². The fraction of sp³-hybridized carbons (Fsp3) is 0.0769. The molecule has 1 aromatic carbocycles. The van der Waals surface area contributed by atoms with Crippen molar-refractivity contribution in [3.05, 3.63) is 48.9 Å². The van der Waals surface area contributed by atoms with E-state index in [4.69, 9.17) is 4.42 Å². The van der Waals surface area contributed by atoms with Gasteiger partial charge in [-0.05, 0) is 12.1 Å². The van der Waals surface area contributed by atoms with E-state index in [9.17, 15) is 0 Å². The van der Waals surface area contributed by atoms with E-state index in [1.54, 1.807) is 6.26 Å². The summed E-state index contributed by atoms with van der Waals surface area (Å²) in [4.78, 5) is 10.6. The van der Waals surface area contributed by atoms with E-state index in [1.165, 1.54) is 0 Å². The van der Waals surface area contributed by atoms with Crippen LogP contribution < -0.4 is 4.90 Å². The van der Waals surface area contributed by atoms with Gasteiger partial charge in [0.2, 0.25) is 11.8 Å². The first-order valence-corrected chi connectivity index (χ1v) is 5.33. The number of hydrogen-bond acceptors (Lipinski definition) is 4. The average Bonchev–Trinajstić information content (AvgIpc) is 2.91. The lowest BCUT2D eigenvalue weighted by Crippen LogP contribution is -2.11. The quantitative estimate of drug-likeness (QED) is 0.672. The Morgan fingerprint density at radius 1 is 1.12 bits per heavy atom. The van der Waals surface area contributed by atoms with Crippen molar-refractivity contribution in [2.45, 2.75) is 0 Å². The first-order valence-electron chi connectivity index (χ1n) is 5.33. The van der Waals surface area contributed by atoms with Crippen molar-refractivity contribution in [1.29, 1.82) is 0 Å². The molecule has 0 N–H and O–H groups in total. The van der Waals surface area contributed by atoms with Gasteiger partial charge in [-0.1, -0.05) is 18.2 Å². The number of nitrogens with zero attached hydrogens (tertiary/aromatic N) is 3. The third-order valence-corrected chi connectivity index (χ3v) is 2.61. The van der Waals surface area contributed by atoms with Crippen LogP contribution in [0.15, 0.2) is 53.3 Å². The molecule has 0 unspecified atom stereocenters. The van der Waals surface area contributed by atoms with E-state index in [1.807, 2.05) is 54.5 Å². The topological polar surface area (TPSA) is 42.2 Å². The van der Waals surface area contributed by atoms with Gasteiger partial charge in [-0.25, -0.2) is 9.97 Å². The monoisotopic (exact) mass is 225 g/mol. The van der Waals surface area contributed by atoms with Crippen LogP contribution in [0.3, 0.4) is 0 Å². The summed E-state index contributed by atoms with van der Waals surface area (Å²) in [5.74, 6) is 1.35. The molecule has 2 aromatic heterocycles. The van der Waals surface area contributed by atoms with Gasteiger partial charge in [0.15, 0.2) is 0 Å². The van der Waals surface area contributed by atoms with Crippen molar-refractivity contribution < 1.29 is 4.42 Å². The van der Waals surface area contributed by atoms with Gasteiger partial charge in [-0.15, -0.1) is 0 Å². The molecule has 2 heterocycles. The maximum absolute atomic E-state index is 5.31. The van der Waals surface area contributed by atoms with Crippen LogP contribution >= 0.6 is 0 Å². The molecule has 0 bridgehead atoms. The molecule has 84 valence electrons. The number of anilines is 2. The Balaban J connectivity index is 2.06. The van der Waals surface area contributed by atoms with Gasteiger partial charge < -0.3 is 4.42 Å². The number of fused-ring (bicyclic) bond motifs is 1. The minimum atomic E-state index is 0.624. The minimum Gasteiger partial charge on any atom is -0.448 e. The third-order valence-electron chi connectivity index (χ3n) is 2.61. The zero-order valence-corrected chi connectivity index (χ0v) is 9.37. The molecule has 4 heteroatoms. The summed E-state index contributed by atoms with van der Waals surface area (Å²) in [6.45, 7) is 0. The highest BCUT2D eigenvalue weighted by Crippen LogP contribution is 2.21. The molecule has 3 rings (SSSR count). The fourth-order valence-corrected chi connectivity index (χ4v) is 1.68. The number of benzene rings is 1. The highest BCUT2D eigenvalue weighted by Gasteiger charge is 2.09. The normalized spacial score (nSPS) is 10.6. The zero-order chi connectivity index (χ0) is 11.7. The molecule has 0 amide bonds. The number of hydrogen-bond donors (Lipinski definition) is 0. The van der Waals surface area contributed by atoms with Crippen molar-refractivity contribution in [2.75, 3.05) is 11.9 Å². The SMILES string of the molecule is CN(c1ncc2ccccc2n1)c1ccco1. The number of furan rings is 1. The van der Waals surface area contributed by atoms with Gasteiger partial charge in [0, 0.05) is 24.7 Å². The highest BCUT2D eigenvalue weighted by atomic mass is 16.3. The molecule has 0 spiro atoms. The molecule has 0 aliphatic rings. The maximum atomic E-state index is 5.31. The smallest absolute Gasteiger partial charge is 0.232 e. The molecule has 0 aliphatic heterocycles. The third kappa shape index (κ3) is 1.73. The summed E-state index contributed by atoms with van der Waals surface area (Å²) < 4.78 is 5.31. The molecule has 0 fully saturated rings. The highest BCUT2D eigenvalue weighted by molar-refractivity contribution is 5.78. The Bertz CT molecular complexity index is 634. The van der Waals surface area contributed by atoms with Crippen LogP contribution in [0.1, 0.15) is 0 Å². The molecule has 0 aliphatic carbocycles. The van der Waals surface area contributed by atoms with Gasteiger partial charge in [0.25, 0.3) is 0 Å². The van der Waals surface area contributed by atoms with Crippen LogP contribution in [0.4, 0.5) is 11.8 Å². The minimum absolute atomic E-state index is 0.624. The number of rotatable bonds is 2. The van der Waals surface area contributed by atoms with Crippen molar-refractivity contribution >= 4 is 22.7 Å². The Morgan fingerprint density at radius 3 is 2.82 bits per heavy atom. The molecule has 3 aromatic rings. The van der Waals surface area contributed by atoms with Crippen LogP contribution in [-0.2, 0) is 0 Å². The second-order valence-corrected chi connectivity index (χ2v) is 3.74. The van der Waals surface area contributed by atoms with Crippen LogP contribution in [0, 0.1) is 0 Å². The summed E-state index contributed by atoms with van der Waals surface area (Å²) in [6.07, 6.45) is 3.45. The van der Waals surface area contributed by atoms with Crippen molar-refractivity contribution in [3.8, 4) is 0 Å². The van der Waals surface area contributed by atoms with Gasteiger partial charge in [0.05, 0.1) is 11.8 Å². The van der Waals surface area contributed by atoms with Gasteiger partial charge >= 0.3 is 0 Å². The maximum Gasteiger partial charge on any atom is 0.232 e. The molecule has 4 nitrogen and oxygen atoms in total. The van der Waals surface area contributed by atoms with Gasteiger partial charge in [-0.3, -0.25) is 4.90 Å². The van der Waals surface area contributed by atoms with Crippen molar-refractivity contribution in [2.24, 2.45) is 0 Å². The van der Waals surface area contributed by atoms with E-state index in [0.717, 1.165) is 16.8 Å². The van der Waals surface area contributed by atoms with Gasteiger partial charge in [-0.2, -0.15) is 0 Å². The second-order valence-electron chi connectivity index (χ2n) is 3.74. The molecule has 17 heavy (non-hydrogen) atoms. The van der Waals surface area contributed by atoms with Crippen molar-refractivity contribution in [3.63, 3.8) is 0 Å². The molecule has 0 saturated carbocycles. The largest absolute Gasteiger partial charge is 0.448 e. The molecule has 0 saturated heterocycles. The standard InChI is InChI=1S/C13H11N3O/c1-16(12-7-4-8-17-12)13-14-9-10-5-2-3-6-11(10)15-13/h2-9H,1H3. The summed E-state index contributed by atoms with van der Waals surface area (Å²) >= 11 is 0. The van der Waals surface area contributed by atoms with E-state index in [2.05, 4.69) is 9.97 Å². The first kappa shape index (κ1) is 9.84. The van der Waals surface area contributed by atoms with E-state index in [0.29, 0.717) is 5.95 Å². The number of para-hydroxylation sites is 1. The Labute approximate surface area is 98.5 Å². The van der Waals surface area contributed by atoms with Gasteiger partial charge in [0.1, 0.15) is 0 Å². The Kier molecular flexibility index (Phi) is 2.26. The van der Waals surface area contributed by atoms with Crippen molar-refractivity contribution in [1.82, 2.24) is 9.97 Å². The Hall–Kier alpha value is -2.36. The van der Waals surface area contributed by atoms with E-state index in [-0.39, 0.29) is 0 Å². The average molecular weight is 225 g/mol. The summed E-state index contributed by atoms with van der Waals surface area (Å²) in [5, 5.41) is 1.03. The second kappa shape index (κ2) is 3.90. The van der Waals surface area contributed by atoms with Crippen LogP contribution in [0.5, 0.6) is 0 Å². The summed E-state index contributed by atoms with van der Waals surface area (Å²) in [7, 11) is 1.88.